The van der Waals surface area contributed by atoms with Gasteiger partial charge in [-0.15, -0.1) is 0 Å². The highest BCUT2D eigenvalue weighted by atomic mass is 16.1. The van der Waals surface area contributed by atoms with Gasteiger partial charge in [-0.2, -0.15) is 0 Å². The Labute approximate surface area is 94.6 Å². The first-order valence-electron chi connectivity index (χ1n) is 6.21. The van der Waals surface area contributed by atoms with Gasteiger partial charge in [0.15, 0.2) is 0 Å². The number of carbonyl (C=O) groups is 1. The standard InChI is InChI=1S/C13H27NO/c1-6-13(7-2,8-3)9-11(10(4)5)12(14)15/h10-11H,6-9H2,1-5H3,(H2,14,15). The topological polar surface area (TPSA) is 43.1 Å². The molecule has 1 amide bonds. The summed E-state index contributed by atoms with van der Waals surface area (Å²) in [5, 5.41) is 0. The van der Waals surface area contributed by atoms with Gasteiger partial charge in [-0.25, -0.2) is 0 Å². The van der Waals surface area contributed by atoms with Gasteiger partial charge in [0.2, 0.25) is 5.91 Å². The highest BCUT2D eigenvalue weighted by Crippen LogP contribution is 2.39. The van der Waals surface area contributed by atoms with E-state index in [2.05, 4.69) is 34.6 Å². The summed E-state index contributed by atoms with van der Waals surface area (Å²) in [6.07, 6.45) is 4.35. The molecule has 0 rings (SSSR count). The van der Waals surface area contributed by atoms with E-state index in [9.17, 15) is 4.79 Å². The molecule has 1 atom stereocenters. The van der Waals surface area contributed by atoms with Crippen molar-refractivity contribution in [2.75, 3.05) is 0 Å². The molecule has 0 fully saturated rings. The zero-order chi connectivity index (χ0) is 12.1. The maximum absolute atomic E-state index is 11.4. The van der Waals surface area contributed by atoms with Gasteiger partial charge in [-0.3, -0.25) is 4.79 Å². The lowest BCUT2D eigenvalue weighted by Gasteiger charge is -2.34. The zero-order valence-corrected chi connectivity index (χ0v) is 11.0. The van der Waals surface area contributed by atoms with E-state index in [1.54, 1.807) is 0 Å². The minimum Gasteiger partial charge on any atom is -0.369 e. The smallest absolute Gasteiger partial charge is 0.220 e. The van der Waals surface area contributed by atoms with Crippen molar-refractivity contribution in [2.24, 2.45) is 23.0 Å². The Bertz CT molecular complexity index is 186. The summed E-state index contributed by atoms with van der Waals surface area (Å²) in [4.78, 5) is 11.4. The molecule has 0 aliphatic carbocycles. The fraction of sp³-hybridized carbons (Fsp3) is 0.923. The highest BCUT2D eigenvalue weighted by Gasteiger charge is 2.31. The van der Waals surface area contributed by atoms with Crippen LogP contribution in [0.5, 0.6) is 0 Å². The second-order valence-corrected chi connectivity index (χ2v) is 5.02. The third kappa shape index (κ3) is 3.84. The fourth-order valence-electron chi connectivity index (χ4n) is 2.31. The van der Waals surface area contributed by atoms with Crippen LogP contribution >= 0.6 is 0 Å². The van der Waals surface area contributed by atoms with Crippen LogP contribution < -0.4 is 5.73 Å². The van der Waals surface area contributed by atoms with Crippen LogP contribution in [-0.4, -0.2) is 5.91 Å². The van der Waals surface area contributed by atoms with Crippen molar-refractivity contribution in [3.05, 3.63) is 0 Å². The van der Waals surface area contributed by atoms with E-state index in [0.29, 0.717) is 11.3 Å². The van der Waals surface area contributed by atoms with Gasteiger partial charge in [0, 0.05) is 5.92 Å². The summed E-state index contributed by atoms with van der Waals surface area (Å²) in [5.41, 5.74) is 5.78. The molecule has 0 saturated carbocycles. The molecular weight excluding hydrogens is 186 g/mol. The maximum atomic E-state index is 11.4. The van der Waals surface area contributed by atoms with Crippen molar-refractivity contribution in [3.63, 3.8) is 0 Å². The molecule has 0 spiro atoms. The quantitative estimate of drug-likeness (QED) is 0.692. The van der Waals surface area contributed by atoms with Gasteiger partial charge in [-0.1, -0.05) is 53.9 Å². The third-order valence-corrected chi connectivity index (χ3v) is 4.07. The predicted molar refractivity (Wildman–Crippen MR) is 65.4 cm³/mol. The molecule has 0 radical (unpaired) electrons. The monoisotopic (exact) mass is 213 g/mol. The second kappa shape index (κ2) is 6.14. The van der Waals surface area contributed by atoms with E-state index in [-0.39, 0.29) is 11.8 Å². The van der Waals surface area contributed by atoms with Crippen LogP contribution in [0.1, 0.15) is 60.3 Å². The highest BCUT2D eigenvalue weighted by molar-refractivity contribution is 5.76. The minimum atomic E-state index is -0.135. The Morgan fingerprint density at radius 1 is 1.13 bits per heavy atom. The van der Waals surface area contributed by atoms with Crippen molar-refractivity contribution >= 4 is 5.91 Å². The van der Waals surface area contributed by atoms with Crippen molar-refractivity contribution in [3.8, 4) is 0 Å². The van der Waals surface area contributed by atoms with Gasteiger partial charge in [0.25, 0.3) is 0 Å². The van der Waals surface area contributed by atoms with E-state index in [0.717, 1.165) is 25.7 Å². The van der Waals surface area contributed by atoms with Crippen molar-refractivity contribution < 1.29 is 4.79 Å². The van der Waals surface area contributed by atoms with Gasteiger partial charge >= 0.3 is 0 Å². The van der Waals surface area contributed by atoms with Crippen LogP contribution in [-0.2, 0) is 4.79 Å². The number of carbonyl (C=O) groups excluding carboxylic acids is 1. The summed E-state index contributed by atoms with van der Waals surface area (Å²) >= 11 is 0. The average Bonchev–Trinajstić information content (AvgIpc) is 2.20. The van der Waals surface area contributed by atoms with Crippen LogP contribution in [0.25, 0.3) is 0 Å². The first kappa shape index (κ1) is 14.5. The van der Waals surface area contributed by atoms with E-state index >= 15 is 0 Å². The molecule has 0 heterocycles. The Kier molecular flexibility index (Phi) is 5.92. The van der Waals surface area contributed by atoms with E-state index < -0.39 is 0 Å². The van der Waals surface area contributed by atoms with E-state index in [1.807, 2.05) is 0 Å². The molecule has 0 bridgehead atoms. The van der Waals surface area contributed by atoms with Crippen LogP contribution in [0.2, 0.25) is 0 Å². The molecule has 0 aliphatic rings. The number of nitrogens with two attached hydrogens (primary N) is 1. The summed E-state index contributed by atoms with van der Waals surface area (Å²) in [6.45, 7) is 10.8. The molecule has 15 heavy (non-hydrogen) atoms. The maximum Gasteiger partial charge on any atom is 0.220 e. The van der Waals surface area contributed by atoms with Crippen molar-refractivity contribution in [1.82, 2.24) is 0 Å². The van der Waals surface area contributed by atoms with Gasteiger partial charge in [0.1, 0.15) is 0 Å². The van der Waals surface area contributed by atoms with E-state index in [1.165, 1.54) is 0 Å². The number of rotatable bonds is 7. The molecule has 0 aromatic carbocycles. The molecule has 0 saturated heterocycles. The number of hydrogen-bond acceptors (Lipinski definition) is 1. The normalized spacial score (nSPS) is 14.3. The molecule has 90 valence electrons. The van der Waals surface area contributed by atoms with Gasteiger partial charge < -0.3 is 5.73 Å². The SMILES string of the molecule is CCC(CC)(CC)CC(C(N)=O)C(C)C. The summed E-state index contributed by atoms with van der Waals surface area (Å²) in [7, 11) is 0. The number of primary amides is 1. The lowest BCUT2D eigenvalue weighted by atomic mass is 9.70. The second-order valence-electron chi connectivity index (χ2n) is 5.02. The molecule has 0 aromatic heterocycles. The van der Waals surface area contributed by atoms with Crippen LogP contribution in [0, 0.1) is 17.3 Å². The molecular formula is C13H27NO. The molecule has 2 N–H and O–H groups in total. The van der Waals surface area contributed by atoms with Gasteiger partial charge in [0.05, 0.1) is 0 Å². The predicted octanol–water partition coefficient (Wildman–Crippen LogP) is 3.35. The van der Waals surface area contributed by atoms with Crippen LogP contribution in [0.15, 0.2) is 0 Å². The first-order valence-corrected chi connectivity index (χ1v) is 6.21. The molecule has 0 aliphatic heterocycles. The van der Waals surface area contributed by atoms with Crippen LogP contribution in [0.4, 0.5) is 0 Å². The molecule has 1 unspecified atom stereocenters. The Morgan fingerprint density at radius 2 is 1.53 bits per heavy atom. The lowest BCUT2D eigenvalue weighted by molar-refractivity contribution is -0.124. The Hall–Kier alpha value is -0.530. The lowest BCUT2D eigenvalue weighted by Crippen LogP contribution is -2.33. The Morgan fingerprint density at radius 3 is 1.73 bits per heavy atom. The minimum absolute atomic E-state index is 0.0323. The van der Waals surface area contributed by atoms with Crippen LogP contribution in [0.3, 0.4) is 0 Å². The summed E-state index contributed by atoms with van der Waals surface area (Å²) in [5.74, 6) is 0.251. The summed E-state index contributed by atoms with van der Waals surface area (Å²) < 4.78 is 0. The zero-order valence-electron chi connectivity index (χ0n) is 11.0. The molecule has 0 aromatic rings. The van der Waals surface area contributed by atoms with Crippen molar-refractivity contribution in [1.29, 1.82) is 0 Å². The third-order valence-electron chi connectivity index (χ3n) is 4.07. The Balaban J connectivity index is 4.68. The molecule has 2 nitrogen and oxygen atoms in total. The van der Waals surface area contributed by atoms with Gasteiger partial charge in [-0.05, 0) is 17.8 Å². The fourth-order valence-corrected chi connectivity index (χ4v) is 2.31. The van der Waals surface area contributed by atoms with Crippen molar-refractivity contribution in [2.45, 2.75) is 60.3 Å². The number of hydrogen-bond donors (Lipinski definition) is 1. The average molecular weight is 213 g/mol. The van der Waals surface area contributed by atoms with E-state index in [4.69, 9.17) is 5.73 Å². The first-order chi connectivity index (χ1) is 6.92. The molecule has 2 heteroatoms. The number of amides is 1. The summed E-state index contributed by atoms with van der Waals surface area (Å²) in [6, 6.07) is 0. The largest absolute Gasteiger partial charge is 0.369 e.